The lowest BCUT2D eigenvalue weighted by Gasteiger charge is -2.15. The molecule has 5 heteroatoms. The number of aliphatic imine (C=N–C) groups is 1. The van der Waals surface area contributed by atoms with Crippen molar-refractivity contribution in [1.29, 1.82) is 0 Å². The molecule has 27 heavy (non-hydrogen) atoms. The fraction of sp³-hybridized carbons (Fsp3) is 0.318. The molecule has 3 unspecified atom stereocenters. The zero-order valence-electron chi connectivity index (χ0n) is 15.5. The van der Waals surface area contributed by atoms with Crippen molar-refractivity contribution in [3.8, 4) is 0 Å². The first kappa shape index (κ1) is 18.8. The number of nitrogens with zero attached hydrogens (tertiary/aromatic N) is 1. The molecule has 1 aliphatic carbocycles. The van der Waals surface area contributed by atoms with Crippen LogP contribution in [-0.4, -0.2) is 37.4 Å². The molecule has 0 radical (unpaired) electrons. The monoisotopic (exact) mass is 365 g/mol. The summed E-state index contributed by atoms with van der Waals surface area (Å²) in [5.41, 5.74) is 2.53. The van der Waals surface area contributed by atoms with E-state index >= 15 is 0 Å². The van der Waals surface area contributed by atoms with Gasteiger partial charge < -0.3 is 9.47 Å². The molecule has 0 N–H and O–H groups in total. The molecule has 0 aliphatic heterocycles. The van der Waals surface area contributed by atoms with Crippen molar-refractivity contribution in [2.24, 2.45) is 16.8 Å². The van der Waals surface area contributed by atoms with Gasteiger partial charge in [-0.05, 0) is 13.3 Å². The highest BCUT2D eigenvalue weighted by molar-refractivity contribution is 6.13. The molecule has 2 aromatic carbocycles. The van der Waals surface area contributed by atoms with Crippen LogP contribution in [0.3, 0.4) is 0 Å². The van der Waals surface area contributed by atoms with E-state index in [4.69, 9.17) is 14.5 Å². The lowest BCUT2D eigenvalue weighted by atomic mass is 10.0. The van der Waals surface area contributed by atoms with Crippen LogP contribution in [0.1, 0.15) is 24.5 Å². The van der Waals surface area contributed by atoms with Gasteiger partial charge in [0.1, 0.15) is 0 Å². The van der Waals surface area contributed by atoms with Crippen molar-refractivity contribution >= 4 is 17.7 Å². The maximum absolute atomic E-state index is 12.6. The van der Waals surface area contributed by atoms with E-state index in [0.717, 1.165) is 11.1 Å². The van der Waals surface area contributed by atoms with E-state index in [2.05, 4.69) is 0 Å². The fourth-order valence-corrected chi connectivity index (χ4v) is 3.18. The van der Waals surface area contributed by atoms with Gasteiger partial charge in [-0.15, -0.1) is 0 Å². The lowest BCUT2D eigenvalue weighted by molar-refractivity contribution is -0.145. The molecule has 0 bridgehead atoms. The summed E-state index contributed by atoms with van der Waals surface area (Å²) in [6, 6.07) is 18.7. The highest BCUT2D eigenvalue weighted by atomic mass is 16.5. The van der Waals surface area contributed by atoms with Gasteiger partial charge in [0.05, 0.1) is 25.3 Å². The largest absolute Gasteiger partial charge is 0.469 e. The van der Waals surface area contributed by atoms with Gasteiger partial charge in [0, 0.05) is 17.0 Å². The molecule has 5 nitrogen and oxygen atoms in total. The SMILES string of the molecule is CCOC(=O)C(N=C(c1ccccc1)c1ccccc1)C1CC1C(=O)OC. The molecule has 0 amide bonds. The van der Waals surface area contributed by atoms with Gasteiger partial charge in [-0.3, -0.25) is 9.79 Å². The number of esters is 2. The van der Waals surface area contributed by atoms with Gasteiger partial charge in [-0.1, -0.05) is 60.7 Å². The van der Waals surface area contributed by atoms with E-state index in [1.807, 2.05) is 60.7 Å². The van der Waals surface area contributed by atoms with E-state index < -0.39 is 12.0 Å². The van der Waals surface area contributed by atoms with E-state index in [-0.39, 0.29) is 24.4 Å². The quantitative estimate of drug-likeness (QED) is 0.558. The number of carbonyl (C=O) groups is 2. The molecule has 0 saturated heterocycles. The Balaban J connectivity index is 2.01. The van der Waals surface area contributed by atoms with Crippen molar-refractivity contribution in [3.05, 3.63) is 71.8 Å². The molecule has 2 aromatic rings. The summed E-state index contributed by atoms with van der Waals surface area (Å²) in [6.07, 6.45) is 0.580. The number of ether oxygens (including phenoxy) is 2. The number of benzene rings is 2. The maximum Gasteiger partial charge on any atom is 0.331 e. The summed E-state index contributed by atoms with van der Waals surface area (Å²) in [4.78, 5) is 29.3. The third-order valence-corrected chi connectivity index (χ3v) is 4.64. The van der Waals surface area contributed by atoms with Crippen LogP contribution < -0.4 is 0 Å². The second kappa shape index (κ2) is 8.62. The first-order valence-electron chi connectivity index (χ1n) is 9.08. The second-order valence-corrected chi connectivity index (χ2v) is 6.44. The maximum atomic E-state index is 12.6. The van der Waals surface area contributed by atoms with Crippen LogP contribution >= 0.6 is 0 Å². The third-order valence-electron chi connectivity index (χ3n) is 4.64. The van der Waals surface area contributed by atoms with Gasteiger partial charge in [0.25, 0.3) is 0 Å². The number of hydrogen-bond acceptors (Lipinski definition) is 5. The smallest absolute Gasteiger partial charge is 0.331 e. The van der Waals surface area contributed by atoms with E-state index in [0.29, 0.717) is 12.1 Å². The third kappa shape index (κ3) is 4.42. The van der Waals surface area contributed by atoms with Crippen LogP contribution in [0.15, 0.2) is 65.7 Å². The molecule has 1 aliphatic rings. The van der Waals surface area contributed by atoms with Crippen molar-refractivity contribution < 1.29 is 19.1 Å². The highest BCUT2D eigenvalue weighted by Crippen LogP contribution is 2.44. The number of rotatable bonds is 7. The topological polar surface area (TPSA) is 65.0 Å². The summed E-state index contributed by atoms with van der Waals surface area (Å²) < 4.78 is 10.1. The minimum atomic E-state index is -0.732. The van der Waals surface area contributed by atoms with Crippen LogP contribution in [0.5, 0.6) is 0 Å². The molecule has 0 aromatic heterocycles. The van der Waals surface area contributed by atoms with Crippen LogP contribution in [0.2, 0.25) is 0 Å². The normalized spacial score (nSPS) is 18.9. The Hall–Kier alpha value is -2.95. The van der Waals surface area contributed by atoms with Crippen molar-refractivity contribution in [3.63, 3.8) is 0 Å². The van der Waals surface area contributed by atoms with Gasteiger partial charge in [0.2, 0.25) is 0 Å². The minimum Gasteiger partial charge on any atom is -0.469 e. The van der Waals surface area contributed by atoms with Gasteiger partial charge in [0.15, 0.2) is 6.04 Å². The summed E-state index contributed by atoms with van der Waals surface area (Å²) in [7, 11) is 1.36. The average Bonchev–Trinajstić information content (AvgIpc) is 3.50. The van der Waals surface area contributed by atoms with Gasteiger partial charge in [-0.25, -0.2) is 4.79 Å². The number of methoxy groups -OCH3 is 1. The van der Waals surface area contributed by atoms with Crippen molar-refractivity contribution in [1.82, 2.24) is 0 Å². The average molecular weight is 365 g/mol. The van der Waals surface area contributed by atoms with Crippen LogP contribution in [0.25, 0.3) is 0 Å². The Bertz CT molecular complexity index is 775. The van der Waals surface area contributed by atoms with Crippen LogP contribution in [-0.2, 0) is 19.1 Å². The van der Waals surface area contributed by atoms with E-state index in [1.165, 1.54) is 7.11 Å². The second-order valence-electron chi connectivity index (χ2n) is 6.44. The Morgan fingerprint density at radius 2 is 1.59 bits per heavy atom. The van der Waals surface area contributed by atoms with Gasteiger partial charge >= 0.3 is 11.9 Å². The van der Waals surface area contributed by atoms with Gasteiger partial charge in [-0.2, -0.15) is 0 Å². The predicted octanol–water partition coefficient (Wildman–Crippen LogP) is 3.26. The zero-order valence-corrected chi connectivity index (χ0v) is 15.5. The fourth-order valence-electron chi connectivity index (χ4n) is 3.18. The molecule has 0 heterocycles. The van der Waals surface area contributed by atoms with Crippen molar-refractivity contribution in [2.45, 2.75) is 19.4 Å². The lowest BCUT2D eigenvalue weighted by Crippen LogP contribution is -2.27. The summed E-state index contributed by atoms with van der Waals surface area (Å²) in [5, 5.41) is 0. The predicted molar refractivity (Wildman–Crippen MR) is 103 cm³/mol. The zero-order chi connectivity index (χ0) is 19.2. The Morgan fingerprint density at radius 1 is 1.04 bits per heavy atom. The first-order chi connectivity index (χ1) is 13.2. The molecule has 1 saturated carbocycles. The first-order valence-corrected chi connectivity index (χ1v) is 9.08. The Labute approximate surface area is 159 Å². The van der Waals surface area contributed by atoms with Crippen LogP contribution in [0, 0.1) is 11.8 Å². The van der Waals surface area contributed by atoms with Crippen LogP contribution in [0.4, 0.5) is 0 Å². The summed E-state index contributed by atoms with van der Waals surface area (Å²) in [5.74, 6) is -1.20. The number of hydrogen-bond donors (Lipinski definition) is 0. The van der Waals surface area contributed by atoms with Crippen molar-refractivity contribution in [2.75, 3.05) is 13.7 Å². The molecule has 140 valence electrons. The summed E-state index contributed by atoms with van der Waals surface area (Å²) in [6.45, 7) is 2.03. The van der Waals surface area contributed by atoms with E-state index in [1.54, 1.807) is 6.92 Å². The standard InChI is InChI=1S/C22H23NO4/c1-3-27-22(25)20(17-14-18(17)21(24)26-2)23-19(15-10-6-4-7-11-15)16-12-8-5-9-13-16/h4-13,17-18,20H,3,14H2,1-2H3. The molecular formula is C22H23NO4. The number of carbonyl (C=O) groups excluding carboxylic acids is 2. The summed E-state index contributed by atoms with van der Waals surface area (Å²) >= 11 is 0. The molecule has 3 atom stereocenters. The highest BCUT2D eigenvalue weighted by Gasteiger charge is 2.52. The van der Waals surface area contributed by atoms with E-state index in [9.17, 15) is 9.59 Å². The molecule has 0 spiro atoms. The Morgan fingerprint density at radius 3 is 2.07 bits per heavy atom. The molecule has 3 rings (SSSR count). The molecular weight excluding hydrogens is 342 g/mol. The minimum absolute atomic E-state index is 0.195. The molecule has 1 fully saturated rings. The Kier molecular flexibility index (Phi) is 6.01.